The van der Waals surface area contributed by atoms with Gasteiger partial charge >= 0.3 is 0 Å². The SMILES string of the molecule is CN[C@@H](c1ccccc1)[C@@H](C)CN1CCN(C(C)=O)CC1. The molecule has 0 aromatic heterocycles. The van der Waals surface area contributed by atoms with Crippen LogP contribution in [0.15, 0.2) is 30.3 Å². The van der Waals surface area contributed by atoms with Crippen LogP contribution in [0.5, 0.6) is 0 Å². The summed E-state index contributed by atoms with van der Waals surface area (Å²) in [6.45, 7) is 8.70. The molecule has 1 aliphatic rings. The summed E-state index contributed by atoms with van der Waals surface area (Å²) in [5.41, 5.74) is 1.34. The van der Waals surface area contributed by atoms with Gasteiger partial charge in [-0.2, -0.15) is 0 Å². The molecule has 0 saturated carbocycles. The number of hydrogen-bond donors (Lipinski definition) is 1. The Hall–Kier alpha value is -1.39. The molecule has 0 bridgehead atoms. The maximum absolute atomic E-state index is 11.4. The van der Waals surface area contributed by atoms with Crippen molar-refractivity contribution in [2.45, 2.75) is 19.9 Å². The van der Waals surface area contributed by atoms with E-state index in [9.17, 15) is 4.79 Å². The predicted molar refractivity (Wildman–Crippen MR) is 86.1 cm³/mol. The molecule has 0 aliphatic carbocycles. The van der Waals surface area contributed by atoms with Gasteiger partial charge in [-0.05, 0) is 18.5 Å². The number of nitrogens with one attached hydrogen (secondary N) is 1. The third-order valence-corrected chi connectivity index (χ3v) is 4.40. The number of benzene rings is 1. The fourth-order valence-corrected chi connectivity index (χ4v) is 3.20. The molecular weight excluding hydrogens is 262 g/mol. The summed E-state index contributed by atoms with van der Waals surface area (Å²) in [6.07, 6.45) is 0. The summed E-state index contributed by atoms with van der Waals surface area (Å²) in [4.78, 5) is 15.8. The van der Waals surface area contributed by atoms with Crippen LogP contribution in [-0.4, -0.2) is 55.5 Å². The average Bonchev–Trinajstić information content (AvgIpc) is 2.49. The van der Waals surface area contributed by atoms with E-state index < -0.39 is 0 Å². The molecule has 1 aliphatic heterocycles. The summed E-state index contributed by atoms with van der Waals surface area (Å²) in [5, 5.41) is 3.44. The minimum absolute atomic E-state index is 0.195. The zero-order chi connectivity index (χ0) is 15.2. The number of carbonyl (C=O) groups is 1. The maximum atomic E-state index is 11.4. The molecule has 0 spiro atoms. The Morgan fingerprint density at radius 2 is 1.81 bits per heavy atom. The van der Waals surface area contributed by atoms with Crippen LogP contribution in [0, 0.1) is 5.92 Å². The van der Waals surface area contributed by atoms with E-state index in [0.29, 0.717) is 12.0 Å². The number of hydrogen-bond acceptors (Lipinski definition) is 3. The van der Waals surface area contributed by atoms with Crippen molar-refractivity contribution in [3.8, 4) is 0 Å². The molecule has 1 fully saturated rings. The molecule has 116 valence electrons. The van der Waals surface area contributed by atoms with Crippen LogP contribution >= 0.6 is 0 Å². The van der Waals surface area contributed by atoms with Crippen LogP contribution in [0.25, 0.3) is 0 Å². The third kappa shape index (κ3) is 4.29. The molecule has 4 heteroatoms. The van der Waals surface area contributed by atoms with Crippen molar-refractivity contribution < 1.29 is 4.79 Å². The molecular formula is C17H27N3O. The van der Waals surface area contributed by atoms with E-state index in [1.54, 1.807) is 6.92 Å². The monoisotopic (exact) mass is 289 g/mol. The van der Waals surface area contributed by atoms with E-state index in [2.05, 4.69) is 47.5 Å². The first-order valence-corrected chi connectivity index (χ1v) is 7.82. The quantitative estimate of drug-likeness (QED) is 0.897. The molecule has 1 heterocycles. The van der Waals surface area contributed by atoms with Crippen molar-refractivity contribution >= 4 is 5.91 Å². The Morgan fingerprint density at radius 1 is 1.19 bits per heavy atom. The lowest BCUT2D eigenvalue weighted by Crippen LogP contribution is -2.49. The second-order valence-electron chi connectivity index (χ2n) is 5.96. The Balaban J connectivity index is 1.89. The molecule has 1 amide bonds. The number of piperazine rings is 1. The molecule has 1 aromatic rings. The number of amides is 1. The number of nitrogens with zero attached hydrogens (tertiary/aromatic N) is 2. The van der Waals surface area contributed by atoms with Gasteiger partial charge in [0.25, 0.3) is 0 Å². The van der Waals surface area contributed by atoms with Gasteiger partial charge in [0, 0.05) is 45.7 Å². The fraction of sp³-hybridized carbons (Fsp3) is 0.588. The molecule has 2 atom stereocenters. The highest BCUT2D eigenvalue weighted by molar-refractivity contribution is 5.73. The average molecular weight is 289 g/mol. The van der Waals surface area contributed by atoms with E-state index in [-0.39, 0.29) is 5.91 Å². The van der Waals surface area contributed by atoms with Gasteiger partial charge < -0.3 is 10.2 Å². The minimum atomic E-state index is 0.195. The fourth-order valence-electron chi connectivity index (χ4n) is 3.20. The van der Waals surface area contributed by atoms with Crippen LogP contribution in [-0.2, 0) is 4.79 Å². The molecule has 1 N–H and O–H groups in total. The molecule has 0 radical (unpaired) electrons. The second kappa shape index (κ2) is 7.57. The maximum Gasteiger partial charge on any atom is 0.219 e. The Kier molecular flexibility index (Phi) is 5.76. The lowest BCUT2D eigenvalue weighted by Gasteiger charge is -2.37. The molecule has 2 rings (SSSR count). The van der Waals surface area contributed by atoms with E-state index >= 15 is 0 Å². The highest BCUT2D eigenvalue weighted by atomic mass is 16.2. The van der Waals surface area contributed by atoms with Gasteiger partial charge in [0.15, 0.2) is 0 Å². The van der Waals surface area contributed by atoms with E-state index in [4.69, 9.17) is 0 Å². The lowest BCUT2D eigenvalue weighted by atomic mass is 9.94. The van der Waals surface area contributed by atoms with Crippen molar-refractivity contribution in [3.05, 3.63) is 35.9 Å². The number of rotatable bonds is 5. The van der Waals surface area contributed by atoms with Crippen molar-refractivity contribution in [3.63, 3.8) is 0 Å². The second-order valence-corrected chi connectivity index (χ2v) is 5.96. The van der Waals surface area contributed by atoms with Gasteiger partial charge in [-0.1, -0.05) is 37.3 Å². The standard InChI is InChI=1S/C17H27N3O/c1-14(17(18-3)16-7-5-4-6-8-16)13-19-9-11-20(12-10-19)15(2)21/h4-8,14,17-18H,9-13H2,1-3H3/t14-,17+/m0/s1. The summed E-state index contributed by atoms with van der Waals surface area (Å²) in [5.74, 6) is 0.723. The summed E-state index contributed by atoms with van der Waals surface area (Å²) in [7, 11) is 2.03. The van der Waals surface area contributed by atoms with Gasteiger partial charge in [-0.3, -0.25) is 9.69 Å². The smallest absolute Gasteiger partial charge is 0.219 e. The highest BCUT2D eigenvalue weighted by Gasteiger charge is 2.23. The topological polar surface area (TPSA) is 35.6 Å². The van der Waals surface area contributed by atoms with E-state index in [0.717, 1.165) is 32.7 Å². The summed E-state index contributed by atoms with van der Waals surface area (Å²) >= 11 is 0. The molecule has 0 unspecified atom stereocenters. The Morgan fingerprint density at radius 3 is 2.33 bits per heavy atom. The van der Waals surface area contributed by atoms with Crippen LogP contribution < -0.4 is 5.32 Å². The van der Waals surface area contributed by atoms with Crippen molar-refractivity contribution in [2.24, 2.45) is 5.92 Å². The van der Waals surface area contributed by atoms with Gasteiger partial charge in [-0.25, -0.2) is 0 Å². The van der Waals surface area contributed by atoms with Crippen LogP contribution in [0.1, 0.15) is 25.5 Å². The van der Waals surface area contributed by atoms with Crippen LogP contribution in [0.2, 0.25) is 0 Å². The third-order valence-electron chi connectivity index (χ3n) is 4.40. The van der Waals surface area contributed by atoms with Crippen molar-refractivity contribution in [2.75, 3.05) is 39.8 Å². The van der Waals surface area contributed by atoms with Crippen LogP contribution in [0.3, 0.4) is 0 Å². The molecule has 21 heavy (non-hydrogen) atoms. The largest absolute Gasteiger partial charge is 0.340 e. The normalized spacial score (nSPS) is 19.3. The van der Waals surface area contributed by atoms with Gasteiger partial charge in [0.1, 0.15) is 0 Å². The minimum Gasteiger partial charge on any atom is -0.340 e. The molecule has 1 aromatic carbocycles. The Labute approximate surface area is 128 Å². The Bertz CT molecular complexity index is 441. The van der Waals surface area contributed by atoms with Gasteiger partial charge in [0.2, 0.25) is 5.91 Å². The van der Waals surface area contributed by atoms with Gasteiger partial charge in [-0.15, -0.1) is 0 Å². The van der Waals surface area contributed by atoms with Gasteiger partial charge in [0.05, 0.1) is 0 Å². The lowest BCUT2D eigenvalue weighted by molar-refractivity contribution is -0.130. The van der Waals surface area contributed by atoms with E-state index in [1.165, 1.54) is 5.56 Å². The summed E-state index contributed by atoms with van der Waals surface area (Å²) < 4.78 is 0. The molecule has 4 nitrogen and oxygen atoms in total. The van der Waals surface area contributed by atoms with E-state index in [1.807, 2.05) is 11.9 Å². The van der Waals surface area contributed by atoms with Crippen molar-refractivity contribution in [1.82, 2.24) is 15.1 Å². The highest BCUT2D eigenvalue weighted by Crippen LogP contribution is 2.22. The first-order valence-electron chi connectivity index (χ1n) is 7.82. The predicted octanol–water partition coefficient (Wildman–Crippen LogP) is 1.75. The van der Waals surface area contributed by atoms with Crippen molar-refractivity contribution in [1.29, 1.82) is 0 Å². The van der Waals surface area contributed by atoms with Crippen LogP contribution in [0.4, 0.5) is 0 Å². The first-order chi connectivity index (χ1) is 10.1. The number of carbonyl (C=O) groups excluding carboxylic acids is 1. The zero-order valence-electron chi connectivity index (χ0n) is 13.4. The summed E-state index contributed by atoms with van der Waals surface area (Å²) in [6, 6.07) is 11.0. The first kappa shape index (κ1) is 16.0. The zero-order valence-corrected chi connectivity index (χ0v) is 13.4. The molecule has 1 saturated heterocycles.